The van der Waals surface area contributed by atoms with Crippen LogP contribution in [-0.4, -0.2) is 54.1 Å². The van der Waals surface area contributed by atoms with Gasteiger partial charge in [0.15, 0.2) is 5.82 Å². The molecule has 0 aliphatic rings. The Hall–Kier alpha value is -4.80. The molecule has 5 rings (SSSR count). The molecular formula is C33H34ClN7O3. The third-order valence-electron chi connectivity index (χ3n) is 7.64. The number of hydrogen-bond acceptors (Lipinski definition) is 6. The van der Waals surface area contributed by atoms with E-state index in [-0.39, 0.29) is 13.0 Å². The van der Waals surface area contributed by atoms with E-state index in [0.29, 0.717) is 27.8 Å². The molecule has 3 N–H and O–H groups in total. The van der Waals surface area contributed by atoms with Crippen molar-refractivity contribution < 1.29 is 14.7 Å². The van der Waals surface area contributed by atoms with Crippen LogP contribution in [0.15, 0.2) is 85.3 Å². The number of amides is 2. The molecule has 11 heteroatoms. The average Bonchev–Trinajstić information content (AvgIpc) is 3.66. The summed E-state index contributed by atoms with van der Waals surface area (Å²) in [5.74, 6) is -0.140. The smallest absolute Gasteiger partial charge is 0.270 e. The Balaban J connectivity index is 1.42. The van der Waals surface area contributed by atoms with E-state index in [9.17, 15) is 14.7 Å². The maximum absolute atomic E-state index is 13.7. The van der Waals surface area contributed by atoms with Gasteiger partial charge in [0.1, 0.15) is 18.1 Å². The van der Waals surface area contributed by atoms with Gasteiger partial charge in [-0.15, -0.1) is 10.2 Å². The van der Waals surface area contributed by atoms with E-state index in [1.54, 1.807) is 42.2 Å². The van der Waals surface area contributed by atoms with Gasteiger partial charge in [0.25, 0.3) is 5.91 Å². The van der Waals surface area contributed by atoms with Crippen molar-refractivity contribution in [3.63, 3.8) is 0 Å². The lowest BCUT2D eigenvalue weighted by Crippen LogP contribution is -2.45. The second kappa shape index (κ2) is 12.8. The van der Waals surface area contributed by atoms with Crippen molar-refractivity contribution in [2.75, 3.05) is 11.9 Å². The van der Waals surface area contributed by atoms with Gasteiger partial charge >= 0.3 is 0 Å². The Kier molecular flexibility index (Phi) is 8.93. The molecule has 0 bridgehead atoms. The van der Waals surface area contributed by atoms with E-state index in [1.807, 2.05) is 69.4 Å². The van der Waals surface area contributed by atoms with E-state index in [2.05, 4.69) is 25.9 Å². The summed E-state index contributed by atoms with van der Waals surface area (Å²) in [5.41, 5.74) is 4.86. The van der Waals surface area contributed by atoms with Crippen LogP contribution in [0.1, 0.15) is 35.5 Å². The third kappa shape index (κ3) is 6.72. The standard InChI is InChI=1S/C33H34ClN7O3/c1-33(2,19-42)25-7-5-6-22(17-25)23-10-13-27(34)24(16-23)18-28(38-32(44)29-14-15-36-41(29)4)31(43)37-26-11-8-21(9-12-26)30-39-35-20-40(30)3/h5-17,20,28,42H,18-19H2,1-4H3,(H,37,43)(H,38,44). The summed E-state index contributed by atoms with van der Waals surface area (Å²) in [6.07, 6.45) is 3.28. The quantitative estimate of drug-likeness (QED) is 0.208. The molecule has 3 aromatic carbocycles. The molecular weight excluding hydrogens is 578 g/mol. The van der Waals surface area contributed by atoms with Gasteiger partial charge in [-0.2, -0.15) is 5.10 Å². The lowest BCUT2D eigenvalue weighted by molar-refractivity contribution is -0.118. The van der Waals surface area contributed by atoms with E-state index >= 15 is 0 Å². The van der Waals surface area contributed by atoms with E-state index in [4.69, 9.17) is 11.6 Å². The number of aliphatic hydroxyl groups excluding tert-OH is 1. The molecule has 0 aliphatic carbocycles. The summed E-state index contributed by atoms with van der Waals surface area (Å²) in [6.45, 7) is 3.98. The van der Waals surface area contributed by atoms with Gasteiger partial charge in [-0.1, -0.05) is 55.8 Å². The first-order chi connectivity index (χ1) is 21.1. The van der Waals surface area contributed by atoms with Crippen LogP contribution in [0.3, 0.4) is 0 Å². The predicted molar refractivity (Wildman–Crippen MR) is 170 cm³/mol. The highest BCUT2D eigenvalue weighted by atomic mass is 35.5. The minimum absolute atomic E-state index is 0.0123. The van der Waals surface area contributed by atoms with Crippen molar-refractivity contribution in [1.82, 2.24) is 29.9 Å². The highest BCUT2D eigenvalue weighted by Crippen LogP contribution is 2.30. The topological polar surface area (TPSA) is 127 Å². The second-order valence-electron chi connectivity index (χ2n) is 11.3. The maximum atomic E-state index is 13.7. The fourth-order valence-electron chi connectivity index (χ4n) is 4.86. The Bertz CT molecular complexity index is 1790. The summed E-state index contributed by atoms with van der Waals surface area (Å²) in [7, 11) is 3.52. The summed E-state index contributed by atoms with van der Waals surface area (Å²) in [4.78, 5) is 26.9. The van der Waals surface area contributed by atoms with Crippen LogP contribution in [0.25, 0.3) is 22.5 Å². The molecule has 226 valence electrons. The molecule has 0 fully saturated rings. The number of aromatic nitrogens is 5. The van der Waals surface area contributed by atoms with Crippen LogP contribution in [0.2, 0.25) is 5.02 Å². The Morgan fingerprint density at radius 2 is 1.70 bits per heavy atom. The molecule has 0 saturated carbocycles. The highest BCUT2D eigenvalue weighted by molar-refractivity contribution is 6.31. The lowest BCUT2D eigenvalue weighted by Gasteiger charge is -2.23. The normalized spacial score (nSPS) is 12.1. The number of benzene rings is 3. The predicted octanol–water partition coefficient (Wildman–Crippen LogP) is 4.79. The van der Waals surface area contributed by atoms with Gasteiger partial charge in [0, 0.05) is 48.4 Å². The molecule has 0 spiro atoms. The van der Waals surface area contributed by atoms with Crippen LogP contribution in [0.4, 0.5) is 5.69 Å². The fraction of sp³-hybridized carbons (Fsp3) is 0.242. The third-order valence-corrected chi connectivity index (χ3v) is 8.01. The number of nitrogens with zero attached hydrogens (tertiary/aromatic N) is 5. The molecule has 2 amide bonds. The molecule has 0 saturated heterocycles. The van der Waals surface area contributed by atoms with Crippen LogP contribution in [-0.2, 0) is 30.7 Å². The molecule has 0 aliphatic heterocycles. The Morgan fingerprint density at radius 1 is 0.977 bits per heavy atom. The SMILES string of the molecule is Cn1cnnc1-c1ccc(NC(=O)C(Cc2cc(-c3cccc(C(C)(C)CO)c3)ccc2Cl)NC(=O)c2ccnn2C)cc1. The maximum Gasteiger partial charge on any atom is 0.270 e. The zero-order valence-electron chi connectivity index (χ0n) is 25.0. The number of aliphatic hydroxyl groups is 1. The van der Waals surface area contributed by atoms with Gasteiger partial charge < -0.3 is 20.3 Å². The largest absolute Gasteiger partial charge is 0.395 e. The minimum Gasteiger partial charge on any atom is -0.395 e. The molecule has 44 heavy (non-hydrogen) atoms. The van der Waals surface area contributed by atoms with Crippen molar-refractivity contribution >= 4 is 29.1 Å². The van der Waals surface area contributed by atoms with Crippen molar-refractivity contribution in [2.24, 2.45) is 14.1 Å². The van der Waals surface area contributed by atoms with Crippen molar-refractivity contribution in [2.45, 2.75) is 31.7 Å². The summed E-state index contributed by atoms with van der Waals surface area (Å²) in [6, 6.07) is 21.5. The molecule has 1 unspecified atom stereocenters. The first kappa shape index (κ1) is 30.7. The zero-order valence-corrected chi connectivity index (χ0v) is 25.7. The molecule has 5 aromatic rings. The number of aryl methyl sites for hydroxylation is 2. The van der Waals surface area contributed by atoms with Crippen LogP contribution in [0.5, 0.6) is 0 Å². The molecule has 0 radical (unpaired) electrons. The number of hydrogen-bond donors (Lipinski definition) is 3. The summed E-state index contributed by atoms with van der Waals surface area (Å²) >= 11 is 6.65. The fourth-order valence-corrected chi connectivity index (χ4v) is 5.05. The number of anilines is 1. The lowest BCUT2D eigenvalue weighted by atomic mass is 9.84. The zero-order chi connectivity index (χ0) is 31.4. The van der Waals surface area contributed by atoms with Crippen molar-refractivity contribution in [3.05, 3.63) is 107 Å². The van der Waals surface area contributed by atoms with E-state index in [1.165, 1.54) is 10.9 Å². The Labute approximate surface area is 260 Å². The van der Waals surface area contributed by atoms with Gasteiger partial charge in [0.05, 0.1) is 6.61 Å². The number of rotatable bonds is 10. The molecule has 2 heterocycles. The number of carbonyl (C=O) groups excluding carboxylic acids is 2. The van der Waals surface area contributed by atoms with Gasteiger partial charge in [-0.25, -0.2) is 0 Å². The van der Waals surface area contributed by atoms with E-state index < -0.39 is 23.3 Å². The van der Waals surface area contributed by atoms with Crippen molar-refractivity contribution in [3.8, 4) is 22.5 Å². The van der Waals surface area contributed by atoms with Gasteiger partial charge in [0.2, 0.25) is 5.91 Å². The monoisotopic (exact) mass is 611 g/mol. The summed E-state index contributed by atoms with van der Waals surface area (Å²) in [5, 5.41) is 28.3. The van der Waals surface area contributed by atoms with Crippen molar-refractivity contribution in [1.29, 1.82) is 0 Å². The Morgan fingerprint density at radius 3 is 2.36 bits per heavy atom. The summed E-state index contributed by atoms with van der Waals surface area (Å²) < 4.78 is 3.25. The van der Waals surface area contributed by atoms with Crippen LogP contribution in [0, 0.1) is 0 Å². The number of carbonyl (C=O) groups is 2. The first-order valence-corrected chi connectivity index (χ1v) is 14.5. The van der Waals surface area contributed by atoms with Crippen LogP contribution < -0.4 is 10.6 Å². The molecule has 1 atom stereocenters. The van der Waals surface area contributed by atoms with Gasteiger partial charge in [-0.3, -0.25) is 14.3 Å². The van der Waals surface area contributed by atoms with Gasteiger partial charge in [-0.05, 0) is 64.7 Å². The molecule has 10 nitrogen and oxygen atoms in total. The highest BCUT2D eigenvalue weighted by Gasteiger charge is 2.25. The minimum atomic E-state index is -0.955. The average molecular weight is 612 g/mol. The second-order valence-corrected chi connectivity index (χ2v) is 11.7. The van der Waals surface area contributed by atoms with E-state index in [0.717, 1.165) is 22.3 Å². The number of nitrogens with one attached hydrogen (secondary N) is 2. The number of halogens is 1. The first-order valence-electron chi connectivity index (χ1n) is 14.1. The van der Waals surface area contributed by atoms with Crippen LogP contribution >= 0.6 is 11.6 Å². The molecule has 2 aromatic heterocycles.